The number of benzene rings is 2. The minimum absolute atomic E-state index is 0.493. The third kappa shape index (κ3) is 4.30. The second-order valence-electron chi connectivity index (χ2n) is 5.86. The normalized spacial score (nSPS) is 10.5. The fourth-order valence-corrected chi connectivity index (χ4v) is 2.71. The molecule has 6 heteroatoms. The predicted molar refractivity (Wildman–Crippen MR) is 107 cm³/mol. The van der Waals surface area contributed by atoms with E-state index in [4.69, 9.17) is 4.74 Å². The van der Waals surface area contributed by atoms with Crippen LogP contribution in [0, 0.1) is 0 Å². The van der Waals surface area contributed by atoms with Gasteiger partial charge < -0.3 is 15.4 Å². The molecule has 0 saturated heterocycles. The Labute approximate surface area is 157 Å². The number of nitrogens with zero attached hydrogens (tertiary/aromatic N) is 3. The van der Waals surface area contributed by atoms with Crippen LogP contribution in [0.5, 0.6) is 5.75 Å². The maximum atomic E-state index is 5.67. The topological polar surface area (TPSA) is 72.0 Å². The van der Waals surface area contributed by atoms with Gasteiger partial charge in [-0.25, -0.2) is 9.97 Å². The van der Waals surface area contributed by atoms with E-state index in [1.54, 1.807) is 12.4 Å². The summed E-state index contributed by atoms with van der Waals surface area (Å²) in [7, 11) is 0. The Hall–Kier alpha value is -3.67. The Bertz CT molecular complexity index is 1020. The highest BCUT2D eigenvalue weighted by Gasteiger charge is 2.05. The fourth-order valence-electron chi connectivity index (χ4n) is 2.71. The van der Waals surface area contributed by atoms with Crippen molar-refractivity contribution in [3.63, 3.8) is 0 Å². The SMILES string of the molecule is c1ccc(OCCNc2ccnc(Nc3nccc4ccccc34)n2)cc1. The summed E-state index contributed by atoms with van der Waals surface area (Å²) in [5.41, 5.74) is 0. The number of rotatable bonds is 7. The molecule has 0 fully saturated rings. The molecule has 4 aromatic rings. The molecule has 0 spiro atoms. The van der Waals surface area contributed by atoms with Crippen molar-refractivity contribution in [3.8, 4) is 5.75 Å². The van der Waals surface area contributed by atoms with Crippen molar-refractivity contribution in [2.24, 2.45) is 0 Å². The monoisotopic (exact) mass is 357 g/mol. The van der Waals surface area contributed by atoms with Gasteiger partial charge in [0.15, 0.2) is 0 Å². The molecule has 0 aliphatic heterocycles. The predicted octanol–water partition coefficient (Wildman–Crippen LogP) is 4.26. The van der Waals surface area contributed by atoms with Crippen molar-refractivity contribution in [2.45, 2.75) is 0 Å². The number of aromatic nitrogens is 3. The molecule has 0 unspecified atom stereocenters. The lowest BCUT2D eigenvalue weighted by molar-refractivity contribution is 0.333. The van der Waals surface area contributed by atoms with E-state index >= 15 is 0 Å². The molecule has 6 nitrogen and oxygen atoms in total. The zero-order valence-corrected chi connectivity index (χ0v) is 14.7. The summed E-state index contributed by atoms with van der Waals surface area (Å²) in [4.78, 5) is 13.2. The number of hydrogen-bond acceptors (Lipinski definition) is 6. The summed E-state index contributed by atoms with van der Waals surface area (Å²) in [5.74, 6) is 2.81. The third-order valence-electron chi connectivity index (χ3n) is 3.98. The molecule has 27 heavy (non-hydrogen) atoms. The van der Waals surface area contributed by atoms with E-state index in [-0.39, 0.29) is 0 Å². The van der Waals surface area contributed by atoms with Crippen LogP contribution in [0.25, 0.3) is 10.8 Å². The van der Waals surface area contributed by atoms with Crippen molar-refractivity contribution in [3.05, 3.63) is 79.1 Å². The van der Waals surface area contributed by atoms with Crippen LogP contribution in [0.2, 0.25) is 0 Å². The number of anilines is 3. The Morgan fingerprint density at radius 2 is 1.63 bits per heavy atom. The number of fused-ring (bicyclic) bond motifs is 1. The third-order valence-corrected chi connectivity index (χ3v) is 3.98. The highest BCUT2D eigenvalue weighted by molar-refractivity contribution is 5.92. The van der Waals surface area contributed by atoms with Gasteiger partial charge >= 0.3 is 0 Å². The lowest BCUT2D eigenvalue weighted by Crippen LogP contribution is -2.13. The van der Waals surface area contributed by atoms with Crippen LogP contribution in [0.1, 0.15) is 0 Å². The Balaban J connectivity index is 1.39. The largest absolute Gasteiger partial charge is 0.492 e. The van der Waals surface area contributed by atoms with Gasteiger partial charge in [-0.1, -0.05) is 42.5 Å². The van der Waals surface area contributed by atoms with Crippen LogP contribution in [-0.2, 0) is 0 Å². The molecule has 0 radical (unpaired) electrons. The molecule has 0 aliphatic carbocycles. The highest BCUT2D eigenvalue weighted by Crippen LogP contribution is 2.22. The van der Waals surface area contributed by atoms with Gasteiger partial charge in [-0.05, 0) is 29.7 Å². The zero-order chi connectivity index (χ0) is 18.3. The molecule has 2 aromatic carbocycles. The lowest BCUT2D eigenvalue weighted by atomic mass is 10.1. The molecule has 2 N–H and O–H groups in total. The van der Waals surface area contributed by atoms with E-state index in [1.165, 1.54) is 0 Å². The minimum atomic E-state index is 0.493. The second-order valence-corrected chi connectivity index (χ2v) is 5.86. The summed E-state index contributed by atoms with van der Waals surface area (Å²) in [5, 5.41) is 8.58. The molecule has 0 amide bonds. The molecule has 134 valence electrons. The summed E-state index contributed by atoms with van der Waals surface area (Å²) < 4.78 is 5.67. The summed E-state index contributed by atoms with van der Waals surface area (Å²) in [6, 6.07) is 21.6. The molecule has 2 aromatic heterocycles. The van der Waals surface area contributed by atoms with Gasteiger partial charge in [0, 0.05) is 17.8 Å². The zero-order valence-electron chi connectivity index (χ0n) is 14.7. The summed E-state index contributed by atoms with van der Waals surface area (Å²) in [6.07, 6.45) is 3.48. The number of nitrogens with one attached hydrogen (secondary N) is 2. The molecule has 0 bridgehead atoms. The van der Waals surface area contributed by atoms with E-state index in [2.05, 4.69) is 25.6 Å². The molecule has 4 rings (SSSR count). The van der Waals surface area contributed by atoms with Crippen LogP contribution >= 0.6 is 0 Å². The van der Waals surface area contributed by atoms with Gasteiger partial charge in [0.2, 0.25) is 5.95 Å². The van der Waals surface area contributed by atoms with E-state index in [1.807, 2.05) is 66.7 Å². The summed E-state index contributed by atoms with van der Waals surface area (Å²) >= 11 is 0. The first-order chi connectivity index (χ1) is 13.4. The quantitative estimate of drug-likeness (QED) is 0.482. The molecule has 0 aliphatic rings. The van der Waals surface area contributed by atoms with Crippen molar-refractivity contribution in [2.75, 3.05) is 23.8 Å². The van der Waals surface area contributed by atoms with Crippen LogP contribution in [-0.4, -0.2) is 28.1 Å². The first kappa shape index (κ1) is 16.8. The van der Waals surface area contributed by atoms with Crippen molar-refractivity contribution in [1.82, 2.24) is 15.0 Å². The molecular weight excluding hydrogens is 338 g/mol. The Morgan fingerprint density at radius 3 is 2.56 bits per heavy atom. The van der Waals surface area contributed by atoms with Crippen molar-refractivity contribution in [1.29, 1.82) is 0 Å². The van der Waals surface area contributed by atoms with Gasteiger partial charge in [-0.15, -0.1) is 0 Å². The van der Waals surface area contributed by atoms with E-state index in [0.717, 1.165) is 28.2 Å². The van der Waals surface area contributed by atoms with Gasteiger partial charge in [0.05, 0.1) is 6.54 Å². The number of hydrogen-bond donors (Lipinski definition) is 2. The van der Waals surface area contributed by atoms with E-state index in [9.17, 15) is 0 Å². The van der Waals surface area contributed by atoms with Gasteiger partial charge in [-0.2, -0.15) is 4.98 Å². The Kier molecular flexibility index (Phi) is 5.06. The van der Waals surface area contributed by atoms with Crippen LogP contribution in [0.3, 0.4) is 0 Å². The number of ether oxygens (including phenoxy) is 1. The Morgan fingerprint density at radius 1 is 0.815 bits per heavy atom. The van der Waals surface area contributed by atoms with Gasteiger partial charge in [-0.3, -0.25) is 0 Å². The van der Waals surface area contributed by atoms with Crippen LogP contribution in [0.15, 0.2) is 79.1 Å². The first-order valence-electron chi connectivity index (χ1n) is 8.74. The van der Waals surface area contributed by atoms with E-state index < -0.39 is 0 Å². The average molecular weight is 357 g/mol. The standard InChI is InChI=1S/C21H19N5O/c1-2-7-17(8-3-1)27-15-14-22-19-11-13-24-21(25-19)26-20-18-9-5-4-6-16(18)10-12-23-20/h1-13H,14-15H2,(H2,22,23,24,25,26). The van der Waals surface area contributed by atoms with Gasteiger partial charge in [0.25, 0.3) is 0 Å². The molecular formula is C21H19N5O. The van der Waals surface area contributed by atoms with Crippen molar-refractivity contribution >= 4 is 28.4 Å². The molecule has 2 heterocycles. The van der Waals surface area contributed by atoms with Gasteiger partial charge in [0.1, 0.15) is 24.0 Å². The number of para-hydroxylation sites is 1. The van der Waals surface area contributed by atoms with Crippen molar-refractivity contribution < 1.29 is 4.74 Å². The maximum absolute atomic E-state index is 5.67. The first-order valence-corrected chi connectivity index (χ1v) is 8.74. The van der Waals surface area contributed by atoms with E-state index in [0.29, 0.717) is 19.1 Å². The minimum Gasteiger partial charge on any atom is -0.492 e. The lowest BCUT2D eigenvalue weighted by Gasteiger charge is -2.10. The van der Waals surface area contributed by atoms with Crippen LogP contribution in [0.4, 0.5) is 17.6 Å². The summed E-state index contributed by atoms with van der Waals surface area (Å²) in [6.45, 7) is 1.18. The molecule has 0 atom stereocenters. The number of pyridine rings is 1. The maximum Gasteiger partial charge on any atom is 0.230 e. The average Bonchev–Trinajstić information content (AvgIpc) is 2.73. The smallest absolute Gasteiger partial charge is 0.230 e. The van der Waals surface area contributed by atoms with Crippen LogP contribution < -0.4 is 15.4 Å². The molecule has 0 saturated carbocycles. The highest BCUT2D eigenvalue weighted by atomic mass is 16.5. The second kappa shape index (κ2) is 8.14. The fraction of sp³-hybridized carbons (Fsp3) is 0.0952.